The highest BCUT2D eigenvalue weighted by Crippen LogP contribution is 2.21. The first-order chi connectivity index (χ1) is 10.1. The van der Waals surface area contributed by atoms with Crippen molar-refractivity contribution in [3.8, 4) is 5.75 Å². The van der Waals surface area contributed by atoms with Gasteiger partial charge < -0.3 is 9.57 Å². The van der Waals surface area contributed by atoms with E-state index in [0.717, 1.165) is 10.0 Å². The van der Waals surface area contributed by atoms with Gasteiger partial charge in [-0.1, -0.05) is 38.8 Å². The van der Waals surface area contributed by atoms with E-state index in [2.05, 4.69) is 21.1 Å². The number of rotatable bonds is 4. The molecule has 0 radical (unpaired) electrons. The van der Waals surface area contributed by atoms with Crippen LogP contribution in [0.3, 0.4) is 0 Å². The second-order valence-electron chi connectivity index (χ2n) is 4.37. The molecule has 5 heteroatoms. The summed E-state index contributed by atoms with van der Waals surface area (Å²) in [6, 6.07) is 12.6. The molecule has 0 saturated carbocycles. The maximum Gasteiger partial charge on any atom is 0.365 e. The lowest BCUT2D eigenvalue weighted by Crippen LogP contribution is -2.01. The number of benzene rings is 2. The average Bonchev–Trinajstić information content (AvgIpc) is 2.48. The Labute approximate surface area is 131 Å². The van der Waals surface area contributed by atoms with Crippen molar-refractivity contribution < 1.29 is 14.4 Å². The number of oxime groups is 1. The second kappa shape index (κ2) is 7.04. The molecule has 0 aromatic heterocycles. The van der Waals surface area contributed by atoms with Crippen molar-refractivity contribution in [2.75, 3.05) is 7.11 Å². The summed E-state index contributed by atoms with van der Waals surface area (Å²) in [5.41, 5.74) is 2.25. The van der Waals surface area contributed by atoms with E-state index in [1.54, 1.807) is 25.3 Å². The SMILES string of the molecule is COc1ccc(Br)cc1/C=N\OC(=O)c1ccc(C)cc1. The number of carbonyl (C=O) groups is 1. The fraction of sp³-hybridized carbons (Fsp3) is 0.125. The summed E-state index contributed by atoms with van der Waals surface area (Å²) >= 11 is 3.36. The number of carbonyl (C=O) groups excluding carboxylic acids is 1. The third-order valence-corrected chi connectivity index (χ3v) is 3.30. The van der Waals surface area contributed by atoms with Crippen molar-refractivity contribution in [1.82, 2.24) is 0 Å². The highest BCUT2D eigenvalue weighted by atomic mass is 79.9. The van der Waals surface area contributed by atoms with Crippen LogP contribution in [-0.2, 0) is 4.84 Å². The molecule has 21 heavy (non-hydrogen) atoms. The number of halogens is 1. The molecule has 0 heterocycles. The van der Waals surface area contributed by atoms with Crippen molar-refractivity contribution in [2.45, 2.75) is 6.92 Å². The number of methoxy groups -OCH3 is 1. The smallest absolute Gasteiger partial charge is 0.365 e. The van der Waals surface area contributed by atoms with Crippen molar-refractivity contribution >= 4 is 28.1 Å². The summed E-state index contributed by atoms with van der Waals surface area (Å²) in [6.45, 7) is 1.95. The maximum absolute atomic E-state index is 11.8. The van der Waals surface area contributed by atoms with E-state index in [1.165, 1.54) is 6.21 Å². The lowest BCUT2D eigenvalue weighted by Gasteiger charge is -2.04. The van der Waals surface area contributed by atoms with Crippen molar-refractivity contribution in [1.29, 1.82) is 0 Å². The highest BCUT2D eigenvalue weighted by Gasteiger charge is 2.06. The molecule has 4 nitrogen and oxygen atoms in total. The van der Waals surface area contributed by atoms with Crippen molar-refractivity contribution in [3.05, 3.63) is 63.6 Å². The molecule has 0 fully saturated rings. The lowest BCUT2D eigenvalue weighted by molar-refractivity contribution is 0.0519. The van der Waals surface area contributed by atoms with Crippen LogP contribution in [0.15, 0.2) is 52.1 Å². The molecule has 0 atom stereocenters. The Morgan fingerprint density at radius 3 is 2.57 bits per heavy atom. The van der Waals surface area contributed by atoms with Gasteiger partial charge in [-0.15, -0.1) is 0 Å². The summed E-state index contributed by atoms with van der Waals surface area (Å²) in [4.78, 5) is 16.7. The predicted octanol–water partition coefficient (Wildman–Crippen LogP) is 3.96. The van der Waals surface area contributed by atoms with E-state index >= 15 is 0 Å². The second-order valence-corrected chi connectivity index (χ2v) is 5.28. The molecule has 2 aromatic rings. The molecule has 0 saturated heterocycles. The zero-order chi connectivity index (χ0) is 15.2. The van der Waals surface area contributed by atoms with Gasteiger partial charge in [-0.2, -0.15) is 0 Å². The van der Waals surface area contributed by atoms with E-state index < -0.39 is 5.97 Å². The topological polar surface area (TPSA) is 47.9 Å². The number of aryl methyl sites for hydroxylation is 1. The maximum atomic E-state index is 11.8. The Morgan fingerprint density at radius 2 is 1.90 bits per heavy atom. The Bertz CT molecular complexity index is 666. The molecule has 0 bridgehead atoms. The van der Waals surface area contributed by atoms with Crippen LogP contribution in [0.1, 0.15) is 21.5 Å². The highest BCUT2D eigenvalue weighted by molar-refractivity contribution is 9.10. The van der Waals surface area contributed by atoms with Crippen LogP contribution >= 0.6 is 15.9 Å². The van der Waals surface area contributed by atoms with Crippen LogP contribution in [0.5, 0.6) is 5.75 Å². The molecule has 0 aliphatic carbocycles. The third-order valence-electron chi connectivity index (χ3n) is 2.81. The molecule has 108 valence electrons. The predicted molar refractivity (Wildman–Crippen MR) is 84.9 cm³/mol. The van der Waals surface area contributed by atoms with E-state index in [1.807, 2.05) is 31.2 Å². The summed E-state index contributed by atoms with van der Waals surface area (Å²) < 4.78 is 6.09. The monoisotopic (exact) mass is 347 g/mol. The van der Waals surface area contributed by atoms with Gasteiger partial charge in [0.15, 0.2) is 0 Å². The minimum atomic E-state index is -0.500. The molecule has 0 spiro atoms. The molecule has 2 rings (SSSR count). The van der Waals surface area contributed by atoms with Crippen LogP contribution in [0, 0.1) is 6.92 Å². The Balaban J connectivity index is 2.07. The number of hydrogen-bond donors (Lipinski definition) is 0. The van der Waals surface area contributed by atoms with Crippen LogP contribution in [0.25, 0.3) is 0 Å². The van der Waals surface area contributed by atoms with E-state index in [9.17, 15) is 4.79 Å². The summed E-state index contributed by atoms with van der Waals surface area (Å²) in [5.74, 6) is 0.147. The van der Waals surface area contributed by atoms with E-state index in [-0.39, 0.29) is 0 Å². The molecular weight excluding hydrogens is 334 g/mol. The molecular formula is C16H14BrNO3. The van der Waals surface area contributed by atoms with Crippen molar-refractivity contribution in [2.24, 2.45) is 5.16 Å². The van der Waals surface area contributed by atoms with Gasteiger partial charge in [-0.25, -0.2) is 4.79 Å². The van der Waals surface area contributed by atoms with Crippen molar-refractivity contribution in [3.63, 3.8) is 0 Å². The minimum Gasteiger partial charge on any atom is -0.496 e. The zero-order valence-electron chi connectivity index (χ0n) is 11.7. The van der Waals surface area contributed by atoms with Gasteiger partial charge in [-0.3, -0.25) is 0 Å². The fourth-order valence-electron chi connectivity index (χ4n) is 1.68. The molecule has 2 aromatic carbocycles. The van der Waals surface area contributed by atoms with Crippen LogP contribution in [-0.4, -0.2) is 19.3 Å². The first-order valence-corrected chi connectivity index (χ1v) is 7.04. The molecule has 0 aliphatic rings. The van der Waals surface area contributed by atoms with Gasteiger partial charge in [-0.05, 0) is 37.3 Å². The number of hydrogen-bond acceptors (Lipinski definition) is 4. The molecule has 0 aliphatic heterocycles. The average molecular weight is 348 g/mol. The van der Waals surface area contributed by atoms with Crippen LogP contribution in [0.4, 0.5) is 0 Å². The standard InChI is InChI=1S/C16H14BrNO3/c1-11-3-5-12(6-4-11)16(19)21-18-10-13-9-14(17)7-8-15(13)20-2/h3-10H,1-2H3/b18-10-. The fourth-order valence-corrected chi connectivity index (χ4v) is 2.06. The van der Waals surface area contributed by atoms with Gasteiger partial charge in [0.05, 0.1) is 18.9 Å². The minimum absolute atomic E-state index is 0.457. The first kappa shape index (κ1) is 15.3. The Hall–Kier alpha value is -2.14. The van der Waals surface area contributed by atoms with Gasteiger partial charge >= 0.3 is 5.97 Å². The summed E-state index contributed by atoms with van der Waals surface area (Å²) in [5, 5.41) is 3.71. The largest absolute Gasteiger partial charge is 0.496 e. The molecule has 0 amide bonds. The van der Waals surface area contributed by atoms with Crippen LogP contribution in [0.2, 0.25) is 0 Å². The van der Waals surface area contributed by atoms with E-state index in [4.69, 9.17) is 9.57 Å². The zero-order valence-corrected chi connectivity index (χ0v) is 13.3. The van der Waals surface area contributed by atoms with E-state index in [0.29, 0.717) is 16.9 Å². The van der Waals surface area contributed by atoms with Gasteiger partial charge in [0.25, 0.3) is 0 Å². The number of nitrogens with zero attached hydrogens (tertiary/aromatic N) is 1. The molecule has 0 unspecified atom stereocenters. The summed E-state index contributed by atoms with van der Waals surface area (Å²) in [6.07, 6.45) is 1.44. The Kier molecular flexibility index (Phi) is 5.11. The summed E-state index contributed by atoms with van der Waals surface area (Å²) in [7, 11) is 1.57. The molecule has 0 N–H and O–H groups in total. The quantitative estimate of drug-likeness (QED) is 0.477. The van der Waals surface area contributed by atoms with Gasteiger partial charge in [0.1, 0.15) is 5.75 Å². The first-order valence-electron chi connectivity index (χ1n) is 6.25. The third kappa shape index (κ3) is 4.16. The van der Waals surface area contributed by atoms with Gasteiger partial charge in [0.2, 0.25) is 0 Å². The van der Waals surface area contributed by atoms with Gasteiger partial charge in [0, 0.05) is 10.0 Å². The number of ether oxygens (including phenoxy) is 1. The lowest BCUT2D eigenvalue weighted by atomic mass is 10.2. The van der Waals surface area contributed by atoms with Crippen LogP contribution < -0.4 is 4.74 Å². The normalized spacial score (nSPS) is 10.6. The Morgan fingerprint density at radius 1 is 1.19 bits per heavy atom.